The number of thiazole rings is 1. The summed E-state index contributed by atoms with van der Waals surface area (Å²) in [7, 11) is 1.78. The lowest BCUT2D eigenvalue weighted by Crippen LogP contribution is -2.35. The molecule has 1 N–H and O–H groups in total. The molecule has 5 nitrogen and oxygen atoms in total. The van der Waals surface area contributed by atoms with Gasteiger partial charge in [-0.2, -0.15) is 0 Å². The topological polar surface area (TPSA) is 54.5 Å². The van der Waals surface area contributed by atoms with Gasteiger partial charge in [0, 0.05) is 17.6 Å². The summed E-state index contributed by atoms with van der Waals surface area (Å²) in [4.78, 5) is 19.6. The van der Waals surface area contributed by atoms with E-state index in [-0.39, 0.29) is 12.5 Å². The van der Waals surface area contributed by atoms with Crippen LogP contribution >= 0.6 is 11.3 Å². The Morgan fingerprint density at radius 2 is 2.33 bits per heavy atom. The zero-order chi connectivity index (χ0) is 16.7. The molecule has 0 spiro atoms. The van der Waals surface area contributed by atoms with E-state index < -0.39 is 0 Å². The number of nitrogens with zero attached hydrogens (tertiary/aromatic N) is 2. The van der Waals surface area contributed by atoms with Crippen LogP contribution in [0.15, 0.2) is 18.2 Å². The quantitative estimate of drug-likeness (QED) is 0.930. The Bertz CT molecular complexity index is 787. The first kappa shape index (κ1) is 15.4. The highest BCUT2D eigenvalue weighted by atomic mass is 32.1. The van der Waals surface area contributed by atoms with E-state index in [9.17, 15) is 4.79 Å². The van der Waals surface area contributed by atoms with E-state index in [2.05, 4.69) is 12.2 Å². The summed E-state index contributed by atoms with van der Waals surface area (Å²) in [5.74, 6) is 1.50. The summed E-state index contributed by atoms with van der Waals surface area (Å²) >= 11 is 1.83. The molecule has 2 aromatic rings. The number of aromatic nitrogens is 1. The van der Waals surface area contributed by atoms with Crippen molar-refractivity contribution in [3.8, 4) is 5.75 Å². The van der Waals surface area contributed by atoms with Crippen molar-refractivity contribution >= 4 is 28.6 Å². The molecule has 1 aromatic carbocycles. The Kier molecular flexibility index (Phi) is 3.92. The molecule has 126 valence electrons. The Morgan fingerprint density at radius 3 is 3.21 bits per heavy atom. The normalized spacial score (nSPS) is 19.5. The van der Waals surface area contributed by atoms with Crippen molar-refractivity contribution in [2.75, 3.05) is 23.9 Å². The lowest BCUT2D eigenvalue weighted by Gasteiger charge is -2.26. The van der Waals surface area contributed by atoms with Crippen LogP contribution in [0, 0.1) is 5.92 Å². The zero-order valence-corrected chi connectivity index (χ0v) is 14.8. The van der Waals surface area contributed by atoms with Gasteiger partial charge in [0.1, 0.15) is 10.8 Å². The van der Waals surface area contributed by atoms with Crippen LogP contribution in [0.3, 0.4) is 0 Å². The maximum atomic E-state index is 11.8. The average molecular weight is 343 g/mol. The molecule has 0 saturated heterocycles. The number of hydrogen-bond acceptors (Lipinski definition) is 5. The average Bonchev–Trinajstić information content (AvgIpc) is 2.98. The van der Waals surface area contributed by atoms with Crippen LogP contribution in [0.4, 0.5) is 11.4 Å². The van der Waals surface area contributed by atoms with Gasteiger partial charge in [0.2, 0.25) is 0 Å². The zero-order valence-electron chi connectivity index (χ0n) is 14.0. The molecular formula is C18H21N3O2S. The van der Waals surface area contributed by atoms with Gasteiger partial charge in [-0.05, 0) is 43.4 Å². The number of amides is 1. The van der Waals surface area contributed by atoms with E-state index in [1.165, 1.54) is 17.0 Å². The molecule has 0 bridgehead atoms. The number of anilines is 2. The second-order valence-corrected chi connectivity index (χ2v) is 7.77. The van der Waals surface area contributed by atoms with Gasteiger partial charge < -0.3 is 15.0 Å². The fourth-order valence-corrected chi connectivity index (χ4v) is 4.45. The minimum Gasteiger partial charge on any atom is -0.482 e. The molecule has 1 amide bonds. The van der Waals surface area contributed by atoms with Crippen LogP contribution in [0.25, 0.3) is 0 Å². The van der Waals surface area contributed by atoms with E-state index in [0.29, 0.717) is 6.54 Å². The number of aryl methyl sites for hydroxylation is 1. The van der Waals surface area contributed by atoms with Gasteiger partial charge in [0.15, 0.2) is 6.61 Å². The molecule has 1 aliphatic carbocycles. The number of benzene rings is 1. The maximum absolute atomic E-state index is 11.8. The molecule has 0 unspecified atom stereocenters. The smallest absolute Gasteiger partial charge is 0.264 e. The van der Waals surface area contributed by atoms with Crippen molar-refractivity contribution < 1.29 is 9.53 Å². The Morgan fingerprint density at radius 1 is 1.46 bits per heavy atom. The van der Waals surface area contributed by atoms with Crippen molar-refractivity contribution in [3.05, 3.63) is 33.8 Å². The second-order valence-electron chi connectivity index (χ2n) is 6.60. The Balaban J connectivity index is 1.48. The number of nitrogens with one attached hydrogen (secondary N) is 1. The van der Waals surface area contributed by atoms with Gasteiger partial charge in [-0.3, -0.25) is 4.79 Å². The van der Waals surface area contributed by atoms with E-state index in [0.717, 1.165) is 40.9 Å². The number of carbonyl (C=O) groups excluding carboxylic acids is 1. The SMILES string of the molecule is C[C@H]1CCc2nc(CNc3ccc4c(c3)N(C)C(=O)CO4)sc2C1. The second kappa shape index (κ2) is 6.09. The Labute approximate surface area is 145 Å². The van der Waals surface area contributed by atoms with Gasteiger partial charge in [-0.15, -0.1) is 11.3 Å². The van der Waals surface area contributed by atoms with Gasteiger partial charge in [0.25, 0.3) is 5.91 Å². The number of ether oxygens (including phenoxy) is 1. The van der Waals surface area contributed by atoms with Crippen molar-refractivity contribution in [2.45, 2.75) is 32.7 Å². The molecule has 6 heteroatoms. The minimum absolute atomic E-state index is 0.0265. The lowest BCUT2D eigenvalue weighted by atomic mass is 9.93. The van der Waals surface area contributed by atoms with E-state index in [1.54, 1.807) is 11.9 Å². The highest BCUT2D eigenvalue weighted by Crippen LogP contribution is 2.34. The monoisotopic (exact) mass is 343 g/mol. The molecule has 2 aliphatic rings. The number of carbonyl (C=O) groups is 1. The number of fused-ring (bicyclic) bond motifs is 2. The highest BCUT2D eigenvalue weighted by molar-refractivity contribution is 7.11. The van der Waals surface area contributed by atoms with Crippen LogP contribution in [0.1, 0.15) is 28.9 Å². The summed E-state index contributed by atoms with van der Waals surface area (Å²) in [5, 5.41) is 4.55. The standard InChI is InChI=1S/C18H21N3O2S/c1-11-3-5-13-16(7-11)24-17(20-13)9-19-12-4-6-15-14(8-12)21(2)18(22)10-23-15/h4,6,8,11,19H,3,5,7,9-10H2,1-2H3/t11-/m0/s1. The molecule has 1 aliphatic heterocycles. The fraction of sp³-hybridized carbons (Fsp3) is 0.444. The van der Waals surface area contributed by atoms with Crippen molar-refractivity contribution in [1.29, 1.82) is 0 Å². The van der Waals surface area contributed by atoms with Crippen LogP contribution in [-0.4, -0.2) is 24.5 Å². The molecule has 24 heavy (non-hydrogen) atoms. The van der Waals surface area contributed by atoms with E-state index in [1.807, 2.05) is 29.5 Å². The summed E-state index contributed by atoms with van der Waals surface area (Å²) in [5.41, 5.74) is 3.07. The highest BCUT2D eigenvalue weighted by Gasteiger charge is 2.23. The van der Waals surface area contributed by atoms with Gasteiger partial charge >= 0.3 is 0 Å². The van der Waals surface area contributed by atoms with Crippen LogP contribution in [-0.2, 0) is 24.2 Å². The third-order valence-electron chi connectivity index (χ3n) is 4.72. The predicted octanol–water partition coefficient (Wildman–Crippen LogP) is 3.24. The first-order valence-corrected chi connectivity index (χ1v) is 9.16. The van der Waals surface area contributed by atoms with Crippen molar-refractivity contribution in [1.82, 2.24) is 4.98 Å². The molecule has 0 saturated carbocycles. The van der Waals surface area contributed by atoms with Crippen LogP contribution < -0.4 is 15.0 Å². The fourth-order valence-electron chi connectivity index (χ4n) is 3.23. The first-order chi connectivity index (χ1) is 11.6. The minimum atomic E-state index is -0.0265. The lowest BCUT2D eigenvalue weighted by molar-refractivity contribution is -0.120. The first-order valence-electron chi connectivity index (χ1n) is 8.35. The third-order valence-corrected chi connectivity index (χ3v) is 5.84. The summed E-state index contributed by atoms with van der Waals surface area (Å²) in [6.45, 7) is 3.14. The van der Waals surface area contributed by atoms with Crippen molar-refractivity contribution in [3.63, 3.8) is 0 Å². The molecule has 0 radical (unpaired) electrons. The molecule has 1 atom stereocenters. The number of likely N-dealkylation sites (N-methyl/N-ethyl adjacent to an activating group) is 1. The van der Waals surface area contributed by atoms with Crippen LogP contribution in [0.5, 0.6) is 5.75 Å². The van der Waals surface area contributed by atoms with E-state index in [4.69, 9.17) is 9.72 Å². The summed E-state index contributed by atoms with van der Waals surface area (Å²) in [6, 6.07) is 5.86. The van der Waals surface area contributed by atoms with Gasteiger partial charge in [0.05, 0.1) is 17.9 Å². The molecule has 2 heterocycles. The molecule has 0 fully saturated rings. The summed E-state index contributed by atoms with van der Waals surface area (Å²) < 4.78 is 5.46. The third kappa shape index (κ3) is 2.86. The van der Waals surface area contributed by atoms with Gasteiger partial charge in [-0.25, -0.2) is 4.98 Å². The molecule has 4 rings (SSSR count). The van der Waals surface area contributed by atoms with Gasteiger partial charge in [-0.1, -0.05) is 6.92 Å². The predicted molar refractivity (Wildman–Crippen MR) is 96.0 cm³/mol. The number of rotatable bonds is 3. The van der Waals surface area contributed by atoms with Crippen molar-refractivity contribution in [2.24, 2.45) is 5.92 Å². The number of hydrogen-bond donors (Lipinski definition) is 1. The summed E-state index contributed by atoms with van der Waals surface area (Å²) in [6.07, 6.45) is 3.51. The Hall–Kier alpha value is -2.08. The van der Waals surface area contributed by atoms with E-state index >= 15 is 0 Å². The van der Waals surface area contributed by atoms with Crippen LogP contribution in [0.2, 0.25) is 0 Å². The largest absolute Gasteiger partial charge is 0.482 e. The molecular weight excluding hydrogens is 322 g/mol. The molecule has 1 aromatic heterocycles. The maximum Gasteiger partial charge on any atom is 0.264 e.